The van der Waals surface area contributed by atoms with Crippen LogP contribution in [0, 0.1) is 32.5 Å². The first-order valence-corrected chi connectivity index (χ1v) is 7.95. The predicted octanol–water partition coefficient (Wildman–Crippen LogP) is 4.34. The van der Waals surface area contributed by atoms with E-state index in [1.54, 1.807) is 15.9 Å². The van der Waals surface area contributed by atoms with Gasteiger partial charge in [0.2, 0.25) is 0 Å². The molecule has 0 spiro atoms. The molecule has 0 aliphatic rings. The molecule has 108 valence electrons. The van der Waals surface area contributed by atoms with Gasteiger partial charge in [0, 0.05) is 4.88 Å². The molecule has 3 rings (SSSR count). The van der Waals surface area contributed by atoms with Crippen LogP contribution in [-0.4, -0.2) is 9.55 Å². The largest absolute Gasteiger partial charge is 0.323 e. The van der Waals surface area contributed by atoms with Crippen molar-refractivity contribution >= 4 is 33.8 Å². The summed E-state index contributed by atoms with van der Waals surface area (Å²) in [5.41, 5.74) is 4.05. The van der Waals surface area contributed by atoms with Crippen molar-refractivity contribution in [2.24, 2.45) is 0 Å². The maximum absolute atomic E-state index is 12.9. The Kier molecular flexibility index (Phi) is 3.34. The van der Waals surface area contributed by atoms with E-state index in [2.05, 4.69) is 11.1 Å². The van der Waals surface area contributed by atoms with Crippen molar-refractivity contribution in [2.75, 3.05) is 0 Å². The van der Waals surface area contributed by atoms with E-state index >= 15 is 0 Å². The van der Waals surface area contributed by atoms with Crippen molar-refractivity contribution in [3.8, 4) is 5.69 Å². The molecule has 1 aromatic carbocycles. The Morgan fingerprint density at radius 2 is 1.90 bits per heavy atom. The highest BCUT2D eigenvalue weighted by Crippen LogP contribution is 2.26. The third-order valence-electron chi connectivity index (χ3n) is 3.82. The van der Waals surface area contributed by atoms with Crippen LogP contribution < -0.4 is 5.56 Å². The molecule has 0 unspecified atom stereocenters. The number of nitrogens with one attached hydrogen (secondary N) is 1. The number of hydrogen-bond donors (Lipinski definition) is 1. The molecule has 3 aromatic rings. The first-order chi connectivity index (χ1) is 9.90. The number of rotatable bonds is 1. The zero-order valence-corrected chi connectivity index (χ0v) is 14.0. The molecule has 5 heteroatoms. The molecule has 0 fully saturated rings. The maximum Gasteiger partial charge on any atom is 0.267 e. The highest BCUT2D eigenvalue weighted by molar-refractivity contribution is 7.71. The summed E-state index contributed by atoms with van der Waals surface area (Å²) in [4.78, 5) is 18.1. The van der Waals surface area contributed by atoms with Gasteiger partial charge in [-0.15, -0.1) is 11.3 Å². The fraction of sp³-hybridized carbons (Fsp3) is 0.250. The second-order valence-corrected chi connectivity index (χ2v) is 6.96. The van der Waals surface area contributed by atoms with Crippen molar-refractivity contribution in [1.82, 2.24) is 9.55 Å². The maximum atomic E-state index is 12.9. The van der Waals surface area contributed by atoms with Gasteiger partial charge in [0.1, 0.15) is 4.83 Å². The van der Waals surface area contributed by atoms with Crippen LogP contribution in [0.5, 0.6) is 0 Å². The Bertz CT molecular complexity index is 976. The van der Waals surface area contributed by atoms with Crippen LogP contribution in [0.15, 0.2) is 23.0 Å². The summed E-state index contributed by atoms with van der Waals surface area (Å²) in [5, 5.41) is 0.742. The minimum absolute atomic E-state index is 0.0393. The van der Waals surface area contributed by atoms with Gasteiger partial charge < -0.3 is 4.98 Å². The van der Waals surface area contributed by atoms with Crippen LogP contribution >= 0.6 is 23.6 Å². The molecule has 2 heterocycles. The first kappa shape index (κ1) is 14.2. The summed E-state index contributed by atoms with van der Waals surface area (Å²) in [6.07, 6.45) is 0. The van der Waals surface area contributed by atoms with E-state index in [0.717, 1.165) is 31.9 Å². The molecule has 0 aliphatic carbocycles. The Morgan fingerprint density at radius 1 is 1.19 bits per heavy atom. The van der Waals surface area contributed by atoms with Crippen molar-refractivity contribution < 1.29 is 0 Å². The highest BCUT2D eigenvalue weighted by atomic mass is 32.1. The second kappa shape index (κ2) is 4.93. The molecule has 0 atom stereocenters. The lowest BCUT2D eigenvalue weighted by atomic mass is 10.1. The van der Waals surface area contributed by atoms with E-state index in [0.29, 0.717) is 4.77 Å². The van der Waals surface area contributed by atoms with E-state index in [-0.39, 0.29) is 5.56 Å². The van der Waals surface area contributed by atoms with Crippen molar-refractivity contribution in [3.63, 3.8) is 0 Å². The van der Waals surface area contributed by atoms with E-state index in [1.165, 1.54) is 5.56 Å². The van der Waals surface area contributed by atoms with Gasteiger partial charge in [-0.3, -0.25) is 9.36 Å². The van der Waals surface area contributed by atoms with Gasteiger partial charge in [0.25, 0.3) is 5.56 Å². The summed E-state index contributed by atoms with van der Waals surface area (Å²) in [6, 6.07) is 6.02. The summed E-state index contributed by atoms with van der Waals surface area (Å²) in [5.74, 6) is 0. The van der Waals surface area contributed by atoms with E-state index in [1.807, 2.05) is 39.8 Å². The number of aromatic nitrogens is 2. The molecule has 1 N–H and O–H groups in total. The molecule has 0 radical (unpaired) electrons. The van der Waals surface area contributed by atoms with Crippen molar-refractivity contribution in [2.45, 2.75) is 27.7 Å². The standard InChI is InChI=1S/C16H16N2OS2/c1-8-5-6-12(9(2)7-8)18-15(19)13-10(3)11(4)21-14(13)17-16(18)20/h5-7H,1-4H3,(H,17,20). The van der Waals surface area contributed by atoms with Crippen LogP contribution in [0.2, 0.25) is 0 Å². The summed E-state index contributed by atoms with van der Waals surface area (Å²) in [7, 11) is 0. The van der Waals surface area contributed by atoms with Gasteiger partial charge in [-0.25, -0.2) is 0 Å². The number of thiophene rings is 1. The van der Waals surface area contributed by atoms with Gasteiger partial charge in [-0.2, -0.15) is 0 Å². The lowest BCUT2D eigenvalue weighted by Crippen LogP contribution is -2.21. The minimum atomic E-state index is -0.0393. The topological polar surface area (TPSA) is 37.8 Å². The molecule has 21 heavy (non-hydrogen) atoms. The molecule has 0 amide bonds. The van der Waals surface area contributed by atoms with E-state index in [4.69, 9.17) is 12.2 Å². The molecular formula is C16H16N2OS2. The Balaban J connectivity index is 2.46. The lowest BCUT2D eigenvalue weighted by Gasteiger charge is -2.10. The Morgan fingerprint density at radius 3 is 2.57 bits per heavy atom. The molecule has 0 saturated carbocycles. The van der Waals surface area contributed by atoms with Gasteiger partial charge >= 0.3 is 0 Å². The van der Waals surface area contributed by atoms with E-state index in [9.17, 15) is 4.79 Å². The van der Waals surface area contributed by atoms with Crippen LogP contribution in [0.4, 0.5) is 0 Å². The number of H-pyrrole nitrogens is 1. The fourth-order valence-electron chi connectivity index (χ4n) is 2.60. The SMILES string of the molecule is Cc1ccc(-n2c(=S)[nH]c3sc(C)c(C)c3c2=O)c(C)c1. The highest BCUT2D eigenvalue weighted by Gasteiger charge is 2.14. The molecule has 2 aromatic heterocycles. The Labute approximate surface area is 131 Å². The van der Waals surface area contributed by atoms with Gasteiger partial charge in [-0.05, 0) is 57.1 Å². The number of fused-ring (bicyclic) bond motifs is 1. The minimum Gasteiger partial charge on any atom is -0.323 e. The van der Waals surface area contributed by atoms with Gasteiger partial charge in [0.15, 0.2) is 4.77 Å². The van der Waals surface area contributed by atoms with Crippen LogP contribution in [-0.2, 0) is 0 Å². The molecule has 0 aliphatic heterocycles. The van der Waals surface area contributed by atoms with Crippen molar-refractivity contribution in [3.05, 3.63) is 54.9 Å². The fourth-order valence-corrected chi connectivity index (χ4v) is 4.00. The predicted molar refractivity (Wildman–Crippen MR) is 91.6 cm³/mol. The summed E-state index contributed by atoms with van der Waals surface area (Å²) >= 11 is 6.99. The molecule has 0 saturated heterocycles. The average Bonchev–Trinajstić information content (AvgIpc) is 2.67. The number of aryl methyl sites for hydroxylation is 4. The van der Waals surface area contributed by atoms with Crippen LogP contribution in [0.1, 0.15) is 21.6 Å². The number of aromatic amines is 1. The third-order valence-corrected chi connectivity index (χ3v) is 5.23. The number of nitrogens with zero attached hydrogens (tertiary/aromatic N) is 1. The van der Waals surface area contributed by atoms with Crippen molar-refractivity contribution in [1.29, 1.82) is 0 Å². The normalized spacial score (nSPS) is 11.2. The third kappa shape index (κ3) is 2.17. The molecule has 0 bridgehead atoms. The van der Waals surface area contributed by atoms with E-state index < -0.39 is 0 Å². The summed E-state index contributed by atoms with van der Waals surface area (Å²) < 4.78 is 2.05. The lowest BCUT2D eigenvalue weighted by molar-refractivity contribution is 0.931. The summed E-state index contributed by atoms with van der Waals surface area (Å²) in [6.45, 7) is 8.05. The first-order valence-electron chi connectivity index (χ1n) is 6.73. The second-order valence-electron chi connectivity index (χ2n) is 5.35. The molecular weight excluding hydrogens is 300 g/mol. The zero-order valence-electron chi connectivity index (χ0n) is 12.4. The average molecular weight is 316 g/mol. The van der Waals surface area contributed by atoms with Crippen LogP contribution in [0.25, 0.3) is 15.9 Å². The van der Waals surface area contributed by atoms with Gasteiger partial charge in [0.05, 0.1) is 11.1 Å². The van der Waals surface area contributed by atoms with Gasteiger partial charge in [-0.1, -0.05) is 17.7 Å². The Hall–Kier alpha value is -1.72. The number of benzene rings is 1. The smallest absolute Gasteiger partial charge is 0.267 e. The number of hydrogen-bond acceptors (Lipinski definition) is 3. The monoisotopic (exact) mass is 316 g/mol. The quantitative estimate of drug-likeness (QED) is 0.678. The van der Waals surface area contributed by atoms with Crippen LogP contribution in [0.3, 0.4) is 0 Å². The zero-order chi connectivity index (χ0) is 15.3. The molecule has 3 nitrogen and oxygen atoms in total.